The Hall–Kier alpha value is -1.31. The summed E-state index contributed by atoms with van der Waals surface area (Å²) in [5, 5.41) is 9.71. The zero-order chi connectivity index (χ0) is 17.9. The van der Waals surface area contributed by atoms with Crippen molar-refractivity contribution in [3.63, 3.8) is 0 Å². The highest BCUT2D eigenvalue weighted by Gasteiger charge is 2.20. The van der Waals surface area contributed by atoms with Gasteiger partial charge in [0.25, 0.3) is 0 Å². The van der Waals surface area contributed by atoms with Crippen LogP contribution in [0.3, 0.4) is 0 Å². The second-order valence-corrected chi connectivity index (χ2v) is 6.66. The topological polar surface area (TPSA) is 65.5 Å². The molecule has 0 aromatic heterocycles. The fourth-order valence-electron chi connectivity index (χ4n) is 3.21. The fourth-order valence-corrected chi connectivity index (χ4v) is 3.21. The SMILES string of the molecule is CCNC(=NCCNC(=O)C1CCCCC1)NC(C)c1ccccc1.I. The van der Waals surface area contributed by atoms with Crippen LogP contribution in [-0.2, 0) is 4.79 Å². The number of aliphatic imine (C=N–C) groups is 1. The summed E-state index contributed by atoms with van der Waals surface area (Å²) in [7, 11) is 0. The summed E-state index contributed by atoms with van der Waals surface area (Å²) >= 11 is 0. The molecular weight excluding hydrogens is 439 g/mol. The second kappa shape index (κ2) is 12.9. The molecule has 1 fully saturated rings. The van der Waals surface area contributed by atoms with Crippen molar-refractivity contribution in [2.24, 2.45) is 10.9 Å². The van der Waals surface area contributed by atoms with E-state index >= 15 is 0 Å². The lowest BCUT2D eigenvalue weighted by molar-refractivity contribution is -0.125. The van der Waals surface area contributed by atoms with E-state index in [4.69, 9.17) is 0 Å². The number of guanidine groups is 1. The summed E-state index contributed by atoms with van der Waals surface area (Å²) < 4.78 is 0. The largest absolute Gasteiger partial charge is 0.357 e. The number of benzene rings is 1. The molecule has 0 radical (unpaired) electrons. The molecule has 0 spiro atoms. The van der Waals surface area contributed by atoms with E-state index < -0.39 is 0 Å². The smallest absolute Gasteiger partial charge is 0.223 e. The molecule has 1 aliphatic rings. The van der Waals surface area contributed by atoms with Gasteiger partial charge in [-0.2, -0.15) is 0 Å². The first-order chi connectivity index (χ1) is 12.2. The minimum Gasteiger partial charge on any atom is -0.357 e. The minimum absolute atomic E-state index is 0. The average Bonchev–Trinajstić information content (AvgIpc) is 2.66. The van der Waals surface area contributed by atoms with Crippen LogP contribution in [-0.4, -0.2) is 31.5 Å². The number of nitrogens with one attached hydrogen (secondary N) is 3. The summed E-state index contributed by atoms with van der Waals surface area (Å²) in [6.45, 7) is 6.14. The van der Waals surface area contributed by atoms with E-state index in [1.165, 1.54) is 24.8 Å². The van der Waals surface area contributed by atoms with Gasteiger partial charge in [-0.1, -0.05) is 49.6 Å². The summed E-state index contributed by atoms with van der Waals surface area (Å²) in [4.78, 5) is 16.7. The molecule has 2 rings (SSSR count). The zero-order valence-corrected chi connectivity index (χ0v) is 18.3. The molecule has 0 bridgehead atoms. The maximum atomic E-state index is 12.1. The maximum absolute atomic E-state index is 12.1. The number of hydrogen-bond donors (Lipinski definition) is 3. The number of carbonyl (C=O) groups is 1. The third kappa shape index (κ3) is 7.93. The molecule has 1 saturated carbocycles. The van der Waals surface area contributed by atoms with Gasteiger partial charge in [0.2, 0.25) is 5.91 Å². The summed E-state index contributed by atoms with van der Waals surface area (Å²) in [6.07, 6.45) is 5.71. The van der Waals surface area contributed by atoms with Crippen LogP contribution in [0.1, 0.15) is 57.6 Å². The van der Waals surface area contributed by atoms with Crippen molar-refractivity contribution in [2.45, 2.75) is 52.0 Å². The normalized spacial score (nSPS) is 16.3. The van der Waals surface area contributed by atoms with Crippen LogP contribution in [0.15, 0.2) is 35.3 Å². The Morgan fingerprint density at radius 1 is 1.15 bits per heavy atom. The van der Waals surface area contributed by atoms with E-state index in [-0.39, 0.29) is 41.8 Å². The lowest BCUT2D eigenvalue weighted by atomic mass is 9.89. The highest BCUT2D eigenvalue weighted by Crippen LogP contribution is 2.23. The van der Waals surface area contributed by atoms with Crippen LogP contribution < -0.4 is 16.0 Å². The van der Waals surface area contributed by atoms with Gasteiger partial charge in [-0.3, -0.25) is 9.79 Å². The lowest BCUT2D eigenvalue weighted by Crippen LogP contribution is -2.39. The van der Waals surface area contributed by atoms with E-state index in [1.54, 1.807) is 0 Å². The van der Waals surface area contributed by atoms with Crippen molar-refractivity contribution in [1.82, 2.24) is 16.0 Å². The number of amides is 1. The first-order valence-corrected chi connectivity index (χ1v) is 9.58. The monoisotopic (exact) mass is 472 g/mol. The molecule has 1 atom stereocenters. The van der Waals surface area contributed by atoms with E-state index in [0.29, 0.717) is 13.1 Å². The van der Waals surface area contributed by atoms with Crippen LogP contribution in [0.25, 0.3) is 0 Å². The van der Waals surface area contributed by atoms with Crippen LogP contribution in [0.4, 0.5) is 0 Å². The average molecular weight is 472 g/mol. The van der Waals surface area contributed by atoms with E-state index in [1.807, 2.05) is 18.2 Å². The number of nitrogens with zero attached hydrogens (tertiary/aromatic N) is 1. The Labute approximate surface area is 174 Å². The molecule has 1 unspecified atom stereocenters. The Kier molecular flexibility index (Phi) is 11.3. The zero-order valence-electron chi connectivity index (χ0n) is 16.0. The molecule has 1 aromatic rings. The molecule has 146 valence electrons. The molecule has 0 aliphatic heterocycles. The molecule has 6 heteroatoms. The first-order valence-electron chi connectivity index (χ1n) is 9.58. The Morgan fingerprint density at radius 2 is 1.85 bits per heavy atom. The fraction of sp³-hybridized carbons (Fsp3) is 0.600. The number of hydrogen-bond acceptors (Lipinski definition) is 2. The van der Waals surface area contributed by atoms with Gasteiger partial charge in [-0.15, -0.1) is 24.0 Å². The Bertz CT molecular complexity index is 544. The van der Waals surface area contributed by atoms with Crippen molar-refractivity contribution in [3.8, 4) is 0 Å². The molecular formula is C20H33IN4O. The number of carbonyl (C=O) groups excluding carboxylic acids is 1. The molecule has 3 N–H and O–H groups in total. The van der Waals surface area contributed by atoms with E-state index in [9.17, 15) is 4.79 Å². The van der Waals surface area contributed by atoms with Crippen molar-refractivity contribution in [1.29, 1.82) is 0 Å². The van der Waals surface area contributed by atoms with Gasteiger partial charge in [-0.25, -0.2) is 0 Å². The van der Waals surface area contributed by atoms with Crippen LogP contribution in [0.5, 0.6) is 0 Å². The highest BCUT2D eigenvalue weighted by atomic mass is 127. The molecule has 1 aliphatic carbocycles. The van der Waals surface area contributed by atoms with Crippen LogP contribution >= 0.6 is 24.0 Å². The van der Waals surface area contributed by atoms with Crippen LogP contribution in [0.2, 0.25) is 0 Å². The van der Waals surface area contributed by atoms with E-state index in [2.05, 4.69) is 46.9 Å². The predicted octanol–water partition coefficient (Wildman–Crippen LogP) is 3.62. The lowest BCUT2D eigenvalue weighted by Gasteiger charge is -2.20. The third-order valence-electron chi connectivity index (χ3n) is 4.65. The van der Waals surface area contributed by atoms with E-state index in [0.717, 1.165) is 25.3 Å². The summed E-state index contributed by atoms with van der Waals surface area (Å²) in [5.41, 5.74) is 1.22. The van der Waals surface area contributed by atoms with Crippen molar-refractivity contribution in [2.75, 3.05) is 19.6 Å². The van der Waals surface area contributed by atoms with Gasteiger partial charge in [0.05, 0.1) is 12.6 Å². The van der Waals surface area contributed by atoms with Crippen molar-refractivity contribution < 1.29 is 4.79 Å². The number of rotatable bonds is 7. The van der Waals surface area contributed by atoms with Crippen LogP contribution in [0, 0.1) is 5.92 Å². The molecule has 5 nitrogen and oxygen atoms in total. The standard InChI is InChI=1S/C20H32N4O.HI/c1-3-21-20(24-16(2)17-10-6-4-7-11-17)23-15-14-22-19(25)18-12-8-5-9-13-18;/h4,6-7,10-11,16,18H,3,5,8-9,12-15H2,1-2H3,(H,22,25)(H2,21,23,24);1H. The number of halogens is 1. The molecule has 1 aromatic carbocycles. The molecule has 1 amide bonds. The summed E-state index contributed by atoms with van der Waals surface area (Å²) in [6, 6.07) is 10.5. The quantitative estimate of drug-likeness (QED) is 0.246. The van der Waals surface area contributed by atoms with Gasteiger partial charge in [0, 0.05) is 19.0 Å². The van der Waals surface area contributed by atoms with Crippen molar-refractivity contribution in [3.05, 3.63) is 35.9 Å². The minimum atomic E-state index is 0. The van der Waals surface area contributed by atoms with Crippen molar-refractivity contribution >= 4 is 35.8 Å². The van der Waals surface area contributed by atoms with Gasteiger partial charge < -0.3 is 16.0 Å². The predicted molar refractivity (Wildman–Crippen MR) is 119 cm³/mol. The van der Waals surface area contributed by atoms with Gasteiger partial charge >= 0.3 is 0 Å². The second-order valence-electron chi connectivity index (χ2n) is 6.66. The van der Waals surface area contributed by atoms with Gasteiger partial charge in [0.15, 0.2) is 5.96 Å². The molecule has 0 heterocycles. The summed E-state index contributed by atoms with van der Waals surface area (Å²) in [5.74, 6) is 1.19. The first kappa shape index (κ1) is 22.7. The maximum Gasteiger partial charge on any atom is 0.223 e. The van der Waals surface area contributed by atoms with Gasteiger partial charge in [-0.05, 0) is 32.3 Å². The molecule has 26 heavy (non-hydrogen) atoms. The highest BCUT2D eigenvalue weighted by molar-refractivity contribution is 14.0. The third-order valence-corrected chi connectivity index (χ3v) is 4.65. The van der Waals surface area contributed by atoms with Gasteiger partial charge in [0.1, 0.15) is 0 Å². The molecule has 0 saturated heterocycles. The Balaban J connectivity index is 0.00000338. The Morgan fingerprint density at radius 3 is 2.50 bits per heavy atom.